The molecular formula is C14H26N4O. The van der Waals surface area contributed by atoms with Crippen molar-refractivity contribution in [3.05, 3.63) is 0 Å². The van der Waals surface area contributed by atoms with E-state index in [-0.39, 0.29) is 11.9 Å². The third kappa shape index (κ3) is 3.46. The minimum Gasteiger partial charge on any atom is -0.368 e. The molecule has 2 aliphatic heterocycles. The van der Waals surface area contributed by atoms with Crippen molar-refractivity contribution in [2.75, 3.05) is 32.7 Å². The zero-order valence-corrected chi connectivity index (χ0v) is 11.7. The van der Waals surface area contributed by atoms with E-state index in [2.05, 4.69) is 15.1 Å². The van der Waals surface area contributed by atoms with Gasteiger partial charge in [0.1, 0.15) is 0 Å². The highest BCUT2D eigenvalue weighted by molar-refractivity contribution is 5.80. The van der Waals surface area contributed by atoms with Gasteiger partial charge in [0.15, 0.2) is 0 Å². The topological polar surface area (TPSA) is 61.6 Å². The molecule has 5 heteroatoms. The molecule has 2 saturated heterocycles. The molecule has 3 aliphatic rings. The second-order valence-corrected chi connectivity index (χ2v) is 6.34. The molecule has 1 saturated carbocycles. The molecule has 0 aromatic rings. The Morgan fingerprint density at radius 1 is 1.21 bits per heavy atom. The van der Waals surface area contributed by atoms with E-state index in [0.29, 0.717) is 12.1 Å². The molecule has 0 bridgehead atoms. The van der Waals surface area contributed by atoms with Gasteiger partial charge in [0.2, 0.25) is 5.91 Å². The minimum absolute atomic E-state index is 0.166. The second kappa shape index (κ2) is 5.77. The van der Waals surface area contributed by atoms with Gasteiger partial charge in [0.25, 0.3) is 0 Å². The van der Waals surface area contributed by atoms with Crippen molar-refractivity contribution in [3.8, 4) is 0 Å². The van der Waals surface area contributed by atoms with E-state index in [4.69, 9.17) is 5.73 Å². The molecule has 0 aromatic heterocycles. The van der Waals surface area contributed by atoms with Crippen LogP contribution in [0.25, 0.3) is 0 Å². The molecule has 2 unspecified atom stereocenters. The van der Waals surface area contributed by atoms with Crippen LogP contribution in [0.15, 0.2) is 0 Å². The summed E-state index contributed by atoms with van der Waals surface area (Å²) in [4.78, 5) is 16.6. The molecule has 0 aromatic carbocycles. The average molecular weight is 266 g/mol. The normalized spacial score (nSPS) is 30.8. The van der Waals surface area contributed by atoms with Crippen LogP contribution in [0.5, 0.6) is 0 Å². The van der Waals surface area contributed by atoms with Crippen molar-refractivity contribution in [3.63, 3.8) is 0 Å². The first-order valence-corrected chi connectivity index (χ1v) is 7.74. The molecule has 3 N–H and O–H groups in total. The number of nitrogens with zero attached hydrogens (tertiary/aromatic N) is 2. The summed E-state index contributed by atoms with van der Waals surface area (Å²) in [6.07, 6.45) is 6.25. The van der Waals surface area contributed by atoms with Crippen molar-refractivity contribution in [2.45, 2.75) is 50.2 Å². The van der Waals surface area contributed by atoms with Gasteiger partial charge in [0, 0.05) is 25.2 Å². The van der Waals surface area contributed by atoms with Crippen LogP contribution < -0.4 is 11.1 Å². The number of nitrogens with two attached hydrogens (primary N) is 1. The van der Waals surface area contributed by atoms with E-state index in [1.807, 2.05) is 0 Å². The number of hydrogen-bond donors (Lipinski definition) is 2. The van der Waals surface area contributed by atoms with Gasteiger partial charge in [-0.3, -0.25) is 14.6 Å². The van der Waals surface area contributed by atoms with Crippen LogP contribution >= 0.6 is 0 Å². The van der Waals surface area contributed by atoms with Crippen LogP contribution in [0.3, 0.4) is 0 Å². The van der Waals surface area contributed by atoms with E-state index in [9.17, 15) is 4.79 Å². The van der Waals surface area contributed by atoms with Gasteiger partial charge in [-0.15, -0.1) is 0 Å². The van der Waals surface area contributed by atoms with Crippen LogP contribution in [0.2, 0.25) is 0 Å². The molecule has 0 radical (unpaired) electrons. The first kappa shape index (κ1) is 13.3. The summed E-state index contributed by atoms with van der Waals surface area (Å²) in [6, 6.07) is 1.07. The van der Waals surface area contributed by atoms with Gasteiger partial charge >= 0.3 is 0 Å². The van der Waals surface area contributed by atoms with Gasteiger partial charge in [-0.25, -0.2) is 0 Å². The summed E-state index contributed by atoms with van der Waals surface area (Å²) in [7, 11) is 0. The van der Waals surface area contributed by atoms with E-state index >= 15 is 0 Å². The molecule has 3 fully saturated rings. The van der Waals surface area contributed by atoms with Crippen molar-refractivity contribution in [2.24, 2.45) is 5.73 Å². The van der Waals surface area contributed by atoms with Gasteiger partial charge in [-0.2, -0.15) is 0 Å². The van der Waals surface area contributed by atoms with Crippen molar-refractivity contribution >= 4 is 5.91 Å². The molecule has 108 valence electrons. The smallest absolute Gasteiger partial charge is 0.235 e. The molecule has 2 heterocycles. The lowest BCUT2D eigenvalue weighted by molar-refractivity contribution is -0.120. The van der Waals surface area contributed by atoms with Crippen molar-refractivity contribution < 1.29 is 4.79 Å². The molecule has 2 atom stereocenters. The largest absolute Gasteiger partial charge is 0.368 e. The van der Waals surface area contributed by atoms with Crippen LogP contribution in [0.4, 0.5) is 0 Å². The SMILES string of the molecule is NC(=O)C(CN1CCCN2CCCC2C1)NC1CC1. The number of hydrogen-bond acceptors (Lipinski definition) is 4. The maximum atomic E-state index is 11.6. The minimum atomic E-state index is -0.195. The fourth-order valence-electron chi connectivity index (χ4n) is 3.47. The zero-order valence-electron chi connectivity index (χ0n) is 11.7. The predicted octanol–water partition coefficient (Wildman–Crippen LogP) is -0.238. The number of amides is 1. The third-order valence-corrected chi connectivity index (χ3v) is 4.69. The Morgan fingerprint density at radius 2 is 2.00 bits per heavy atom. The fraction of sp³-hybridized carbons (Fsp3) is 0.929. The predicted molar refractivity (Wildman–Crippen MR) is 74.8 cm³/mol. The first-order chi connectivity index (χ1) is 9.22. The molecule has 19 heavy (non-hydrogen) atoms. The summed E-state index contributed by atoms with van der Waals surface area (Å²) in [5.74, 6) is -0.195. The van der Waals surface area contributed by atoms with Gasteiger partial charge in [-0.05, 0) is 51.7 Å². The number of rotatable bonds is 5. The Bertz CT molecular complexity index is 331. The molecule has 5 nitrogen and oxygen atoms in total. The zero-order chi connectivity index (χ0) is 13.2. The van der Waals surface area contributed by atoms with Crippen LogP contribution in [-0.4, -0.2) is 66.6 Å². The Morgan fingerprint density at radius 3 is 2.74 bits per heavy atom. The monoisotopic (exact) mass is 266 g/mol. The van der Waals surface area contributed by atoms with Crippen molar-refractivity contribution in [1.29, 1.82) is 0 Å². The lowest BCUT2D eigenvalue weighted by atomic mass is 10.2. The molecule has 1 amide bonds. The first-order valence-electron chi connectivity index (χ1n) is 7.74. The van der Waals surface area contributed by atoms with Crippen LogP contribution in [0, 0.1) is 0 Å². The highest BCUT2D eigenvalue weighted by Crippen LogP contribution is 2.22. The van der Waals surface area contributed by atoms with E-state index in [1.54, 1.807) is 0 Å². The lowest BCUT2D eigenvalue weighted by Gasteiger charge is -2.28. The van der Waals surface area contributed by atoms with Crippen LogP contribution in [-0.2, 0) is 4.79 Å². The molecule has 1 aliphatic carbocycles. The maximum absolute atomic E-state index is 11.6. The number of nitrogens with one attached hydrogen (secondary N) is 1. The number of carbonyl (C=O) groups excluding carboxylic acids is 1. The molecular weight excluding hydrogens is 240 g/mol. The Kier molecular flexibility index (Phi) is 4.05. The van der Waals surface area contributed by atoms with Gasteiger partial charge in [0.05, 0.1) is 6.04 Å². The summed E-state index contributed by atoms with van der Waals surface area (Å²) in [5, 5.41) is 3.39. The summed E-state index contributed by atoms with van der Waals surface area (Å²) >= 11 is 0. The van der Waals surface area contributed by atoms with Crippen LogP contribution in [0.1, 0.15) is 32.1 Å². The molecule has 0 spiro atoms. The van der Waals surface area contributed by atoms with Crippen molar-refractivity contribution in [1.82, 2.24) is 15.1 Å². The number of fused-ring (bicyclic) bond motifs is 1. The summed E-state index contributed by atoms with van der Waals surface area (Å²) < 4.78 is 0. The van der Waals surface area contributed by atoms with Gasteiger partial charge in [-0.1, -0.05) is 0 Å². The Labute approximate surface area is 115 Å². The Hall–Kier alpha value is -0.650. The van der Waals surface area contributed by atoms with E-state index < -0.39 is 0 Å². The lowest BCUT2D eigenvalue weighted by Crippen LogP contribution is -2.51. The second-order valence-electron chi connectivity index (χ2n) is 6.34. The highest BCUT2D eigenvalue weighted by atomic mass is 16.1. The van der Waals surface area contributed by atoms with E-state index in [0.717, 1.165) is 19.6 Å². The third-order valence-electron chi connectivity index (χ3n) is 4.69. The number of carbonyl (C=O) groups is 1. The maximum Gasteiger partial charge on any atom is 0.235 e. The average Bonchev–Trinajstić information content (AvgIpc) is 3.12. The fourth-order valence-corrected chi connectivity index (χ4v) is 3.47. The number of primary amides is 1. The quantitative estimate of drug-likeness (QED) is 0.721. The summed E-state index contributed by atoms with van der Waals surface area (Å²) in [6.45, 7) is 5.48. The summed E-state index contributed by atoms with van der Waals surface area (Å²) in [5.41, 5.74) is 5.54. The highest BCUT2D eigenvalue weighted by Gasteiger charge is 2.32. The van der Waals surface area contributed by atoms with E-state index in [1.165, 1.54) is 45.2 Å². The Balaban J connectivity index is 1.55. The molecule has 3 rings (SSSR count). The standard InChI is InChI=1S/C14H26N4O/c15-14(19)13(16-11-4-5-11)10-17-6-2-8-18-7-1-3-12(18)9-17/h11-13,16H,1-10H2,(H2,15,19). The van der Waals surface area contributed by atoms with Gasteiger partial charge < -0.3 is 11.1 Å².